The Balaban J connectivity index is 1.71. The SMILES string of the molecule is CCCCCC1CCC(C(=O)O)(c2ccc(-c3ccc(OC(F)F)cc3)cc2)CC1. The van der Waals surface area contributed by atoms with Gasteiger partial charge in [-0.2, -0.15) is 8.78 Å². The van der Waals surface area contributed by atoms with Crippen LogP contribution in [0.5, 0.6) is 5.75 Å². The van der Waals surface area contributed by atoms with Gasteiger partial charge in [0.15, 0.2) is 0 Å². The summed E-state index contributed by atoms with van der Waals surface area (Å²) in [5, 5.41) is 10.1. The Bertz CT molecular complexity index is 807. The number of rotatable bonds is 9. The van der Waals surface area contributed by atoms with E-state index in [4.69, 9.17) is 0 Å². The molecule has 0 unspecified atom stereocenters. The maximum absolute atomic E-state index is 12.3. The lowest BCUT2D eigenvalue weighted by Gasteiger charge is -2.37. The Morgan fingerprint density at radius 1 is 1.03 bits per heavy atom. The highest BCUT2D eigenvalue weighted by molar-refractivity contribution is 5.82. The van der Waals surface area contributed by atoms with E-state index in [2.05, 4.69) is 11.7 Å². The van der Waals surface area contributed by atoms with E-state index in [1.807, 2.05) is 24.3 Å². The molecule has 3 nitrogen and oxygen atoms in total. The van der Waals surface area contributed by atoms with Gasteiger partial charge in [-0.1, -0.05) is 69.0 Å². The maximum atomic E-state index is 12.3. The van der Waals surface area contributed by atoms with Crippen molar-refractivity contribution < 1.29 is 23.4 Å². The highest BCUT2D eigenvalue weighted by Gasteiger charge is 2.43. The van der Waals surface area contributed by atoms with Gasteiger partial charge in [0.05, 0.1) is 5.41 Å². The second-order valence-corrected chi connectivity index (χ2v) is 8.31. The van der Waals surface area contributed by atoms with Crippen LogP contribution in [0.2, 0.25) is 0 Å². The van der Waals surface area contributed by atoms with Crippen molar-refractivity contribution in [2.75, 3.05) is 0 Å². The second-order valence-electron chi connectivity index (χ2n) is 8.31. The van der Waals surface area contributed by atoms with Gasteiger partial charge in [-0.3, -0.25) is 4.79 Å². The van der Waals surface area contributed by atoms with Gasteiger partial charge in [-0.05, 0) is 60.4 Å². The van der Waals surface area contributed by atoms with E-state index in [9.17, 15) is 18.7 Å². The highest BCUT2D eigenvalue weighted by Crippen LogP contribution is 2.43. The van der Waals surface area contributed by atoms with Crippen molar-refractivity contribution in [3.8, 4) is 16.9 Å². The van der Waals surface area contributed by atoms with Crippen LogP contribution in [0.15, 0.2) is 48.5 Å². The Morgan fingerprint density at radius 3 is 2.10 bits per heavy atom. The van der Waals surface area contributed by atoms with Gasteiger partial charge in [0.2, 0.25) is 0 Å². The number of alkyl halides is 2. The van der Waals surface area contributed by atoms with Gasteiger partial charge in [0.25, 0.3) is 0 Å². The molecule has 0 amide bonds. The number of carbonyl (C=O) groups is 1. The third-order valence-electron chi connectivity index (χ3n) is 6.43. The molecule has 0 bridgehead atoms. The number of halogens is 2. The molecule has 0 atom stereocenters. The Labute approximate surface area is 177 Å². The Kier molecular flexibility index (Phi) is 7.46. The van der Waals surface area contributed by atoms with Crippen LogP contribution in [-0.2, 0) is 10.2 Å². The average molecular weight is 417 g/mol. The largest absolute Gasteiger partial charge is 0.481 e. The van der Waals surface area contributed by atoms with Crippen molar-refractivity contribution in [3.05, 3.63) is 54.1 Å². The zero-order valence-electron chi connectivity index (χ0n) is 17.4. The maximum Gasteiger partial charge on any atom is 0.387 e. The van der Waals surface area contributed by atoms with E-state index in [0.29, 0.717) is 18.8 Å². The number of carboxylic acids is 1. The summed E-state index contributed by atoms with van der Waals surface area (Å²) in [7, 11) is 0. The molecule has 0 aliphatic heterocycles. The topological polar surface area (TPSA) is 46.5 Å². The van der Waals surface area contributed by atoms with Crippen molar-refractivity contribution in [1.82, 2.24) is 0 Å². The van der Waals surface area contributed by atoms with Crippen molar-refractivity contribution in [2.45, 2.75) is 70.3 Å². The molecule has 162 valence electrons. The third-order valence-corrected chi connectivity index (χ3v) is 6.43. The van der Waals surface area contributed by atoms with E-state index in [-0.39, 0.29) is 5.75 Å². The molecule has 3 rings (SSSR count). The summed E-state index contributed by atoms with van der Waals surface area (Å²) in [5.41, 5.74) is 1.82. The third kappa shape index (κ3) is 5.18. The monoisotopic (exact) mass is 416 g/mol. The first kappa shape index (κ1) is 22.3. The lowest BCUT2D eigenvalue weighted by atomic mass is 9.66. The molecule has 2 aromatic rings. The van der Waals surface area contributed by atoms with Gasteiger partial charge in [0, 0.05) is 0 Å². The fraction of sp³-hybridized carbons (Fsp3) is 0.480. The number of hydrogen-bond donors (Lipinski definition) is 1. The average Bonchev–Trinajstić information content (AvgIpc) is 2.75. The summed E-state index contributed by atoms with van der Waals surface area (Å²) in [5.74, 6) is 0.0129. The van der Waals surface area contributed by atoms with E-state index >= 15 is 0 Å². The minimum absolute atomic E-state index is 0.117. The fourth-order valence-corrected chi connectivity index (χ4v) is 4.58. The van der Waals surface area contributed by atoms with Crippen LogP contribution >= 0.6 is 0 Å². The number of hydrogen-bond acceptors (Lipinski definition) is 2. The molecule has 0 aromatic heterocycles. The van der Waals surface area contributed by atoms with Crippen LogP contribution in [0.1, 0.15) is 63.9 Å². The number of aliphatic carboxylic acids is 1. The minimum Gasteiger partial charge on any atom is -0.481 e. The number of ether oxygens (including phenoxy) is 1. The smallest absolute Gasteiger partial charge is 0.387 e. The van der Waals surface area contributed by atoms with Crippen LogP contribution in [-0.4, -0.2) is 17.7 Å². The minimum atomic E-state index is -2.84. The zero-order valence-corrected chi connectivity index (χ0v) is 17.4. The molecule has 1 saturated carbocycles. The van der Waals surface area contributed by atoms with Gasteiger partial charge in [-0.15, -0.1) is 0 Å². The first-order valence-corrected chi connectivity index (χ1v) is 10.8. The number of benzene rings is 2. The molecule has 0 saturated heterocycles. The highest BCUT2D eigenvalue weighted by atomic mass is 19.3. The van der Waals surface area contributed by atoms with E-state index in [1.165, 1.54) is 37.8 Å². The van der Waals surface area contributed by atoms with Crippen LogP contribution < -0.4 is 4.74 Å². The van der Waals surface area contributed by atoms with Crippen LogP contribution in [0, 0.1) is 5.92 Å². The molecule has 1 fully saturated rings. The summed E-state index contributed by atoms with van der Waals surface area (Å²) < 4.78 is 29.0. The van der Waals surface area contributed by atoms with Crippen molar-refractivity contribution in [3.63, 3.8) is 0 Å². The second kappa shape index (κ2) is 10.1. The van der Waals surface area contributed by atoms with E-state index < -0.39 is 18.0 Å². The predicted octanol–water partition coefficient (Wildman–Crippen LogP) is 7.05. The van der Waals surface area contributed by atoms with Crippen molar-refractivity contribution >= 4 is 5.97 Å². The fourth-order valence-electron chi connectivity index (χ4n) is 4.58. The molecular formula is C25H30F2O3. The zero-order chi connectivity index (χ0) is 21.6. The van der Waals surface area contributed by atoms with Gasteiger partial charge < -0.3 is 9.84 Å². The summed E-state index contributed by atoms with van der Waals surface area (Å²) in [6, 6.07) is 14.1. The molecule has 0 spiro atoms. The van der Waals surface area contributed by atoms with Crippen molar-refractivity contribution in [1.29, 1.82) is 0 Å². The van der Waals surface area contributed by atoms with Gasteiger partial charge in [-0.25, -0.2) is 0 Å². The molecule has 30 heavy (non-hydrogen) atoms. The Morgan fingerprint density at radius 2 is 1.60 bits per heavy atom. The quantitative estimate of drug-likeness (QED) is 0.446. The van der Waals surface area contributed by atoms with E-state index in [0.717, 1.165) is 29.5 Å². The summed E-state index contributed by atoms with van der Waals surface area (Å²) in [6.45, 7) is -0.644. The number of carboxylic acid groups (broad SMARTS) is 1. The lowest BCUT2D eigenvalue weighted by molar-refractivity contribution is -0.145. The standard InChI is InChI=1S/C25H30F2O3/c1-2-3-4-5-18-14-16-25(17-15-18,23(28)29)21-10-6-19(7-11-21)20-8-12-22(13-9-20)30-24(26)27/h6-13,18,24H,2-5,14-17H2,1H3,(H,28,29). The normalized spacial score (nSPS) is 21.5. The first-order chi connectivity index (χ1) is 14.4. The molecule has 1 aliphatic rings. The Hall–Kier alpha value is -2.43. The number of unbranched alkanes of at least 4 members (excludes halogenated alkanes) is 2. The molecule has 0 radical (unpaired) electrons. The van der Waals surface area contributed by atoms with Crippen LogP contribution in [0.3, 0.4) is 0 Å². The molecule has 5 heteroatoms. The van der Waals surface area contributed by atoms with Crippen molar-refractivity contribution in [2.24, 2.45) is 5.92 Å². The van der Waals surface area contributed by atoms with Crippen LogP contribution in [0.25, 0.3) is 11.1 Å². The first-order valence-electron chi connectivity index (χ1n) is 10.8. The molecule has 0 heterocycles. The molecule has 1 N–H and O–H groups in total. The predicted molar refractivity (Wildman–Crippen MR) is 114 cm³/mol. The van der Waals surface area contributed by atoms with Gasteiger partial charge >= 0.3 is 12.6 Å². The molecule has 2 aromatic carbocycles. The van der Waals surface area contributed by atoms with Gasteiger partial charge in [0.1, 0.15) is 5.75 Å². The lowest BCUT2D eigenvalue weighted by Crippen LogP contribution is -2.39. The molecular weight excluding hydrogens is 386 g/mol. The summed E-state index contributed by atoms with van der Waals surface area (Å²) in [6.07, 6.45) is 8.17. The molecule has 1 aliphatic carbocycles. The van der Waals surface area contributed by atoms with E-state index in [1.54, 1.807) is 12.1 Å². The summed E-state index contributed by atoms with van der Waals surface area (Å²) in [4.78, 5) is 12.2. The van der Waals surface area contributed by atoms with Crippen LogP contribution in [0.4, 0.5) is 8.78 Å². The summed E-state index contributed by atoms with van der Waals surface area (Å²) >= 11 is 0.